The summed E-state index contributed by atoms with van der Waals surface area (Å²) in [7, 11) is 0. The lowest BCUT2D eigenvalue weighted by Crippen LogP contribution is -2.30. The number of hydrogen-bond acceptors (Lipinski definition) is 6. The molecule has 6 nitrogen and oxygen atoms in total. The molecule has 0 amide bonds. The standard InChI is InChI=1S/C75H116O6/c1-4-7-10-13-16-19-22-25-28-31-34-35-36-37-38-39-42-44-47-50-53-56-59-62-65-68-74(77)80-71-72(81-75(78)69-66-63-60-57-54-51-48-45-41-33-30-27-24-21-18-15-12-9-6-3)70-79-73(76)67-64-61-58-55-52-49-46-43-40-32-29-26-23-20-17-14-11-8-5-2/h7-12,16-21,25-30,34-35,37-38,40-45,51,54,72H,4-6,13-15,22-24,31-33,36,39,46-50,52-53,55-71H2,1-3H3/b10-7-,11-8-,12-9-,19-16-,20-17-,21-18-,28-25-,29-26-,30-27-,35-34-,38-37-,43-40-,44-42-,45-41-,54-51-. The van der Waals surface area contributed by atoms with E-state index in [-0.39, 0.29) is 37.5 Å². The van der Waals surface area contributed by atoms with Gasteiger partial charge in [-0.25, -0.2) is 0 Å². The van der Waals surface area contributed by atoms with Crippen LogP contribution < -0.4 is 0 Å². The molecule has 1 unspecified atom stereocenters. The van der Waals surface area contributed by atoms with E-state index in [9.17, 15) is 14.4 Å². The van der Waals surface area contributed by atoms with Gasteiger partial charge in [-0.1, -0.05) is 261 Å². The largest absolute Gasteiger partial charge is 0.462 e. The Morgan fingerprint density at radius 2 is 0.444 bits per heavy atom. The Labute approximate surface area is 497 Å². The lowest BCUT2D eigenvalue weighted by atomic mass is 10.1. The third kappa shape index (κ3) is 65.2. The predicted molar refractivity (Wildman–Crippen MR) is 352 cm³/mol. The summed E-state index contributed by atoms with van der Waals surface area (Å²) in [6, 6.07) is 0. The number of carbonyl (C=O) groups is 3. The molecule has 452 valence electrons. The fourth-order valence-corrected chi connectivity index (χ4v) is 8.17. The number of allylic oxidation sites excluding steroid dienone is 30. The van der Waals surface area contributed by atoms with Crippen molar-refractivity contribution < 1.29 is 28.6 Å². The van der Waals surface area contributed by atoms with Crippen LogP contribution in [0.4, 0.5) is 0 Å². The van der Waals surface area contributed by atoms with E-state index in [1.165, 1.54) is 25.7 Å². The minimum Gasteiger partial charge on any atom is -0.462 e. The van der Waals surface area contributed by atoms with Crippen molar-refractivity contribution in [3.8, 4) is 0 Å². The molecule has 0 aliphatic heterocycles. The van der Waals surface area contributed by atoms with Crippen molar-refractivity contribution in [2.75, 3.05) is 13.2 Å². The van der Waals surface area contributed by atoms with Crippen molar-refractivity contribution in [1.29, 1.82) is 0 Å². The van der Waals surface area contributed by atoms with E-state index in [4.69, 9.17) is 14.2 Å². The summed E-state index contributed by atoms with van der Waals surface area (Å²) >= 11 is 0. The van der Waals surface area contributed by atoms with E-state index >= 15 is 0 Å². The van der Waals surface area contributed by atoms with Gasteiger partial charge in [-0.05, 0) is 154 Å². The van der Waals surface area contributed by atoms with Gasteiger partial charge in [0.05, 0.1) is 0 Å². The molecule has 0 fully saturated rings. The first-order valence-corrected chi connectivity index (χ1v) is 32.3. The van der Waals surface area contributed by atoms with Gasteiger partial charge in [0.15, 0.2) is 6.10 Å². The number of ether oxygens (including phenoxy) is 3. The molecule has 0 heterocycles. The third-order valence-electron chi connectivity index (χ3n) is 12.9. The fourth-order valence-electron chi connectivity index (χ4n) is 8.17. The fraction of sp³-hybridized carbons (Fsp3) is 0.560. The summed E-state index contributed by atoms with van der Waals surface area (Å²) < 4.78 is 16.9. The molecule has 0 saturated carbocycles. The van der Waals surface area contributed by atoms with Crippen molar-refractivity contribution in [3.63, 3.8) is 0 Å². The van der Waals surface area contributed by atoms with Gasteiger partial charge < -0.3 is 14.2 Å². The third-order valence-corrected chi connectivity index (χ3v) is 12.9. The minimum atomic E-state index is -0.821. The summed E-state index contributed by atoms with van der Waals surface area (Å²) in [6.07, 6.45) is 100. The zero-order chi connectivity index (χ0) is 58.5. The number of carbonyl (C=O) groups excluding carboxylic acids is 3. The van der Waals surface area contributed by atoms with Gasteiger partial charge in [0.1, 0.15) is 13.2 Å². The van der Waals surface area contributed by atoms with Gasteiger partial charge >= 0.3 is 17.9 Å². The van der Waals surface area contributed by atoms with E-state index in [1.54, 1.807) is 0 Å². The second-order valence-electron chi connectivity index (χ2n) is 20.5. The normalized spacial score (nSPS) is 13.4. The first kappa shape index (κ1) is 75.5. The number of hydrogen-bond donors (Lipinski definition) is 0. The molecule has 81 heavy (non-hydrogen) atoms. The molecular formula is C75H116O6. The van der Waals surface area contributed by atoms with Gasteiger partial charge in [0.25, 0.3) is 0 Å². The van der Waals surface area contributed by atoms with Crippen LogP contribution >= 0.6 is 0 Å². The molecule has 0 bridgehead atoms. The maximum atomic E-state index is 12.9. The Kier molecular flexibility index (Phi) is 62.5. The highest BCUT2D eigenvalue weighted by atomic mass is 16.6. The second kappa shape index (κ2) is 67.0. The van der Waals surface area contributed by atoms with Crippen LogP contribution in [-0.2, 0) is 28.6 Å². The Morgan fingerprint density at radius 1 is 0.247 bits per heavy atom. The Balaban J connectivity index is 4.53. The number of rotatable bonds is 56. The first-order chi connectivity index (χ1) is 40.0. The quantitative estimate of drug-likeness (QED) is 0.0261. The maximum absolute atomic E-state index is 12.9. The van der Waals surface area contributed by atoms with Crippen molar-refractivity contribution in [1.82, 2.24) is 0 Å². The molecule has 0 aromatic heterocycles. The van der Waals surface area contributed by atoms with Crippen LogP contribution in [0, 0.1) is 0 Å². The molecule has 0 aromatic rings. The number of esters is 3. The van der Waals surface area contributed by atoms with E-state index in [2.05, 4.69) is 203 Å². The summed E-state index contributed by atoms with van der Waals surface area (Å²) in [4.78, 5) is 38.4. The summed E-state index contributed by atoms with van der Waals surface area (Å²) in [5.41, 5.74) is 0. The van der Waals surface area contributed by atoms with Gasteiger partial charge in [0, 0.05) is 19.3 Å². The van der Waals surface area contributed by atoms with Crippen molar-refractivity contribution in [3.05, 3.63) is 182 Å². The van der Waals surface area contributed by atoms with E-state index in [0.717, 1.165) is 180 Å². The average Bonchev–Trinajstić information content (AvgIpc) is 3.47. The predicted octanol–water partition coefficient (Wildman–Crippen LogP) is 22.4. The van der Waals surface area contributed by atoms with Crippen LogP contribution in [0.1, 0.15) is 252 Å². The van der Waals surface area contributed by atoms with Crippen LogP contribution in [0.3, 0.4) is 0 Å². The van der Waals surface area contributed by atoms with Crippen LogP contribution in [-0.4, -0.2) is 37.2 Å². The molecule has 0 aliphatic rings. The lowest BCUT2D eigenvalue weighted by Gasteiger charge is -2.18. The molecule has 0 radical (unpaired) electrons. The van der Waals surface area contributed by atoms with E-state index in [0.29, 0.717) is 19.3 Å². The molecule has 0 aliphatic carbocycles. The maximum Gasteiger partial charge on any atom is 0.306 e. The summed E-state index contributed by atoms with van der Waals surface area (Å²) in [5, 5.41) is 0. The van der Waals surface area contributed by atoms with Gasteiger partial charge in [-0.2, -0.15) is 0 Å². The van der Waals surface area contributed by atoms with Crippen LogP contribution in [0.2, 0.25) is 0 Å². The monoisotopic (exact) mass is 1110 g/mol. The van der Waals surface area contributed by atoms with Gasteiger partial charge in [0.2, 0.25) is 0 Å². The zero-order valence-corrected chi connectivity index (χ0v) is 51.7. The molecule has 0 spiro atoms. The second-order valence-corrected chi connectivity index (χ2v) is 20.5. The topological polar surface area (TPSA) is 78.9 Å². The number of unbranched alkanes of at least 4 members (excludes halogenated alkanes) is 15. The molecule has 0 N–H and O–H groups in total. The lowest BCUT2D eigenvalue weighted by molar-refractivity contribution is -0.167. The van der Waals surface area contributed by atoms with Crippen LogP contribution in [0.25, 0.3) is 0 Å². The minimum absolute atomic E-state index is 0.113. The smallest absolute Gasteiger partial charge is 0.306 e. The van der Waals surface area contributed by atoms with Crippen molar-refractivity contribution in [2.24, 2.45) is 0 Å². The highest BCUT2D eigenvalue weighted by molar-refractivity contribution is 5.71. The Morgan fingerprint density at radius 3 is 0.704 bits per heavy atom. The highest BCUT2D eigenvalue weighted by Gasteiger charge is 2.19. The van der Waals surface area contributed by atoms with Crippen molar-refractivity contribution in [2.45, 2.75) is 258 Å². The first-order valence-electron chi connectivity index (χ1n) is 32.3. The van der Waals surface area contributed by atoms with Gasteiger partial charge in [-0.3, -0.25) is 14.4 Å². The van der Waals surface area contributed by atoms with Gasteiger partial charge in [-0.15, -0.1) is 0 Å². The van der Waals surface area contributed by atoms with E-state index in [1.807, 2.05) is 0 Å². The summed E-state index contributed by atoms with van der Waals surface area (Å²) in [5.74, 6) is -0.979. The average molecular weight is 1110 g/mol. The van der Waals surface area contributed by atoms with Crippen LogP contribution in [0.5, 0.6) is 0 Å². The Bertz CT molecular complexity index is 1900. The van der Waals surface area contributed by atoms with Crippen LogP contribution in [0.15, 0.2) is 182 Å². The molecule has 6 heteroatoms. The van der Waals surface area contributed by atoms with E-state index < -0.39 is 6.10 Å². The molecule has 0 rings (SSSR count). The molecule has 0 aromatic carbocycles. The highest BCUT2D eigenvalue weighted by Crippen LogP contribution is 2.14. The SMILES string of the molecule is CC/C=C\C/C=C\C/C=C\C/C=C\C/C=C\C/C=C\CCCCCCCCC(=O)OCC(COC(=O)CCCCCCCC/C=C\C/C=C\C/C=C\C/C=C\CC)OC(=O)CCCCC/C=C\C/C=C\C/C=C\C/C=C\C/C=C\CC. The molecule has 1 atom stereocenters. The molecular weight excluding hydrogens is 997 g/mol. The Hall–Kier alpha value is -5.49. The molecule has 0 saturated heterocycles. The summed E-state index contributed by atoms with van der Waals surface area (Å²) in [6.45, 7) is 6.24. The van der Waals surface area contributed by atoms with Crippen molar-refractivity contribution >= 4 is 17.9 Å². The zero-order valence-electron chi connectivity index (χ0n) is 51.7.